The highest BCUT2D eigenvalue weighted by Crippen LogP contribution is 2.24. The zero-order chi connectivity index (χ0) is 23.5. The molecule has 32 heavy (non-hydrogen) atoms. The molecule has 1 saturated heterocycles. The molecular weight excluding hydrogens is 402 g/mol. The number of rotatable bonds is 4. The minimum Gasteiger partial charge on any atom is -0.508 e. The number of piperazine rings is 1. The van der Waals surface area contributed by atoms with Crippen LogP contribution in [0.25, 0.3) is 0 Å². The fourth-order valence-electron chi connectivity index (χ4n) is 3.87. The topological polar surface area (TPSA) is 71.7 Å². The van der Waals surface area contributed by atoms with Gasteiger partial charge >= 0.3 is 0 Å². The summed E-state index contributed by atoms with van der Waals surface area (Å²) in [4.78, 5) is 27.1. The van der Waals surface area contributed by atoms with Crippen LogP contribution >= 0.6 is 0 Å². The Morgan fingerprint density at radius 1 is 1.28 bits per heavy atom. The van der Waals surface area contributed by atoms with E-state index in [1.54, 1.807) is 18.2 Å². The quantitative estimate of drug-likeness (QED) is 0.335. The number of aromatic hydroxyl groups is 1. The number of phenolic OH excluding ortho intramolecular Hbond substituents is 1. The number of benzene rings is 1. The van der Waals surface area contributed by atoms with E-state index in [0.29, 0.717) is 12.2 Å². The van der Waals surface area contributed by atoms with Crippen LogP contribution in [-0.4, -0.2) is 79.7 Å². The molecule has 2 aliphatic rings. The zero-order valence-electron chi connectivity index (χ0n) is 20.0. The highest BCUT2D eigenvalue weighted by Gasteiger charge is 2.28. The first-order chi connectivity index (χ1) is 15.5. The number of anilines is 1. The predicted molar refractivity (Wildman–Crippen MR) is 134 cm³/mol. The first-order valence-corrected chi connectivity index (χ1v) is 11.4. The van der Waals surface area contributed by atoms with Crippen LogP contribution in [0.3, 0.4) is 0 Å². The second-order valence-electron chi connectivity index (χ2n) is 7.81. The highest BCUT2D eigenvalue weighted by molar-refractivity contribution is 5.83. The SMILES string of the molecule is CC.CC1CN(c2cccc(O)c2)CCN1C(=N/C(=C\C=O)C1=CCC=NCC1)N(C)C. The predicted octanol–water partition coefficient (Wildman–Crippen LogP) is 3.72. The summed E-state index contributed by atoms with van der Waals surface area (Å²) in [5, 5.41) is 9.80. The van der Waals surface area contributed by atoms with Crippen molar-refractivity contribution in [2.24, 2.45) is 9.98 Å². The Morgan fingerprint density at radius 3 is 2.72 bits per heavy atom. The van der Waals surface area contributed by atoms with E-state index in [0.717, 1.165) is 56.0 Å². The lowest BCUT2D eigenvalue weighted by atomic mass is 10.1. The maximum atomic E-state index is 11.3. The van der Waals surface area contributed by atoms with Crippen molar-refractivity contribution in [1.29, 1.82) is 0 Å². The van der Waals surface area contributed by atoms with Gasteiger partial charge in [-0.25, -0.2) is 4.99 Å². The maximum absolute atomic E-state index is 11.3. The number of hydrogen-bond acceptors (Lipinski definition) is 5. The Hall–Kier alpha value is -3.09. The Balaban J connectivity index is 0.00000176. The second-order valence-corrected chi connectivity index (χ2v) is 7.81. The molecule has 0 aromatic heterocycles. The first kappa shape index (κ1) is 25.2. The minimum atomic E-state index is 0.214. The molecule has 1 fully saturated rings. The molecular formula is C25H37N5O2. The standard InChI is InChI=1S/C23H31N5O2.C2H6/c1-18-17-27(20-7-4-8-21(30)16-20)13-14-28(18)23(26(2)3)25-22(10-15-29)19-6-5-11-24-12-9-19;1-2/h4,6-8,10-11,15-16,18,30H,5,9,12-14,17H2,1-3H3;1-2H3/b22-10-,25-23?;. The van der Waals surface area contributed by atoms with E-state index in [4.69, 9.17) is 4.99 Å². The molecule has 0 saturated carbocycles. The van der Waals surface area contributed by atoms with Crippen LogP contribution in [0.15, 0.2) is 57.7 Å². The van der Waals surface area contributed by atoms with Crippen molar-refractivity contribution >= 4 is 24.1 Å². The van der Waals surface area contributed by atoms with Gasteiger partial charge in [0.25, 0.3) is 0 Å². The number of carbonyl (C=O) groups is 1. The zero-order valence-corrected chi connectivity index (χ0v) is 20.0. The van der Waals surface area contributed by atoms with E-state index < -0.39 is 0 Å². The molecule has 1 N–H and O–H groups in total. The number of hydrogen-bond donors (Lipinski definition) is 1. The Morgan fingerprint density at radius 2 is 2.06 bits per heavy atom. The number of allylic oxidation sites excluding steroid dienone is 3. The van der Waals surface area contributed by atoms with Crippen LogP contribution in [0.2, 0.25) is 0 Å². The van der Waals surface area contributed by atoms with Gasteiger partial charge in [-0.2, -0.15) is 0 Å². The van der Waals surface area contributed by atoms with Crippen molar-refractivity contribution in [2.45, 2.75) is 39.7 Å². The summed E-state index contributed by atoms with van der Waals surface area (Å²) in [5.41, 5.74) is 2.79. The van der Waals surface area contributed by atoms with Crippen LogP contribution < -0.4 is 4.90 Å². The average molecular weight is 440 g/mol. The van der Waals surface area contributed by atoms with Crippen molar-refractivity contribution in [3.63, 3.8) is 0 Å². The van der Waals surface area contributed by atoms with Crippen LogP contribution in [0, 0.1) is 0 Å². The molecule has 2 aliphatic heterocycles. The largest absolute Gasteiger partial charge is 0.508 e. The van der Waals surface area contributed by atoms with Crippen molar-refractivity contribution in [2.75, 3.05) is 45.2 Å². The van der Waals surface area contributed by atoms with Crippen molar-refractivity contribution < 1.29 is 9.90 Å². The summed E-state index contributed by atoms with van der Waals surface area (Å²) >= 11 is 0. The Kier molecular flexibility index (Phi) is 9.98. The van der Waals surface area contributed by atoms with Gasteiger partial charge < -0.3 is 19.8 Å². The number of carbonyl (C=O) groups excluding carboxylic acids is 1. The number of nitrogens with zero attached hydrogens (tertiary/aromatic N) is 5. The summed E-state index contributed by atoms with van der Waals surface area (Å²) < 4.78 is 0. The van der Waals surface area contributed by atoms with E-state index in [9.17, 15) is 9.90 Å². The van der Waals surface area contributed by atoms with Gasteiger partial charge in [0.1, 0.15) is 12.0 Å². The third-order valence-electron chi connectivity index (χ3n) is 5.36. The molecule has 0 amide bonds. The van der Waals surface area contributed by atoms with Gasteiger partial charge in [0.15, 0.2) is 0 Å². The lowest BCUT2D eigenvalue weighted by molar-refractivity contribution is -0.104. The molecule has 1 atom stereocenters. The molecule has 3 rings (SSSR count). The Labute approximate surface area is 192 Å². The van der Waals surface area contributed by atoms with Gasteiger partial charge in [-0.05, 0) is 31.1 Å². The molecule has 0 spiro atoms. The molecule has 0 radical (unpaired) electrons. The summed E-state index contributed by atoms with van der Waals surface area (Å²) in [7, 11) is 3.96. The summed E-state index contributed by atoms with van der Waals surface area (Å²) in [6, 6.07) is 7.60. The van der Waals surface area contributed by atoms with E-state index in [1.807, 2.05) is 51.2 Å². The van der Waals surface area contributed by atoms with Crippen LogP contribution in [-0.2, 0) is 4.79 Å². The molecule has 174 valence electrons. The summed E-state index contributed by atoms with van der Waals surface area (Å²) in [6.45, 7) is 9.33. The molecule has 0 bridgehead atoms. The monoisotopic (exact) mass is 439 g/mol. The maximum Gasteiger partial charge on any atom is 0.201 e. The Bertz CT molecular complexity index is 873. The fraction of sp³-hybridized carbons (Fsp3) is 0.480. The fourth-order valence-corrected chi connectivity index (χ4v) is 3.87. The minimum absolute atomic E-state index is 0.214. The second kappa shape index (κ2) is 12.7. The third kappa shape index (κ3) is 6.70. The molecule has 1 aromatic rings. The van der Waals surface area contributed by atoms with Gasteiger partial charge in [-0.3, -0.25) is 9.79 Å². The number of aliphatic imine (C=N–C) groups is 2. The van der Waals surface area contributed by atoms with Crippen molar-refractivity contribution in [3.8, 4) is 5.75 Å². The van der Waals surface area contributed by atoms with Gasteiger partial charge in [0, 0.05) is 76.8 Å². The number of phenols is 1. The summed E-state index contributed by atoms with van der Waals surface area (Å²) in [5.74, 6) is 1.12. The molecule has 2 heterocycles. The average Bonchev–Trinajstić information content (AvgIpc) is 3.08. The first-order valence-electron chi connectivity index (χ1n) is 11.4. The van der Waals surface area contributed by atoms with Gasteiger partial charge in [0.2, 0.25) is 5.96 Å². The lowest BCUT2D eigenvalue weighted by Crippen LogP contribution is -2.57. The van der Waals surface area contributed by atoms with E-state index >= 15 is 0 Å². The van der Waals surface area contributed by atoms with Gasteiger partial charge in [-0.1, -0.05) is 26.0 Å². The van der Waals surface area contributed by atoms with E-state index in [2.05, 4.69) is 27.8 Å². The van der Waals surface area contributed by atoms with Crippen molar-refractivity contribution in [3.05, 3.63) is 47.7 Å². The number of aldehydes is 1. The van der Waals surface area contributed by atoms with Crippen LogP contribution in [0.4, 0.5) is 5.69 Å². The van der Waals surface area contributed by atoms with Gasteiger partial charge in [-0.15, -0.1) is 0 Å². The molecule has 7 nitrogen and oxygen atoms in total. The number of guanidine groups is 1. The van der Waals surface area contributed by atoms with Crippen molar-refractivity contribution in [1.82, 2.24) is 9.80 Å². The normalized spacial score (nSPS) is 19.5. The third-order valence-corrected chi connectivity index (χ3v) is 5.36. The summed E-state index contributed by atoms with van der Waals surface area (Å²) in [6.07, 6.45) is 7.91. The van der Waals surface area contributed by atoms with E-state index in [-0.39, 0.29) is 11.8 Å². The molecule has 7 heteroatoms. The van der Waals surface area contributed by atoms with Crippen LogP contribution in [0.1, 0.15) is 33.6 Å². The lowest BCUT2D eigenvalue weighted by Gasteiger charge is -2.43. The van der Waals surface area contributed by atoms with Gasteiger partial charge in [0.05, 0.1) is 5.70 Å². The molecule has 1 aromatic carbocycles. The molecule has 0 aliphatic carbocycles. The van der Waals surface area contributed by atoms with Crippen LogP contribution in [0.5, 0.6) is 5.75 Å². The highest BCUT2D eigenvalue weighted by atomic mass is 16.3. The molecule has 1 unspecified atom stereocenters. The smallest absolute Gasteiger partial charge is 0.201 e. The van der Waals surface area contributed by atoms with E-state index in [1.165, 1.54) is 0 Å².